The maximum atomic E-state index is 13.1. The van der Waals surface area contributed by atoms with E-state index in [-0.39, 0.29) is 41.7 Å². The minimum absolute atomic E-state index is 0.0196. The molecular formula is C25H22ClN5O2. The van der Waals surface area contributed by atoms with Crippen LogP contribution in [0.1, 0.15) is 42.5 Å². The summed E-state index contributed by atoms with van der Waals surface area (Å²) in [5.74, 6) is -0.352. The summed E-state index contributed by atoms with van der Waals surface area (Å²) in [5, 5.41) is 8.81. The van der Waals surface area contributed by atoms with Crippen LogP contribution in [-0.2, 0) is 9.59 Å². The van der Waals surface area contributed by atoms with Crippen LogP contribution in [0.3, 0.4) is 0 Å². The van der Waals surface area contributed by atoms with Crippen LogP contribution >= 0.6 is 11.6 Å². The van der Waals surface area contributed by atoms with E-state index >= 15 is 0 Å². The largest absolute Gasteiger partial charge is 0.347 e. The van der Waals surface area contributed by atoms with Crippen molar-refractivity contribution in [2.45, 2.75) is 31.3 Å². The predicted octanol–water partition coefficient (Wildman–Crippen LogP) is 4.53. The molecule has 7 nitrogen and oxygen atoms in total. The van der Waals surface area contributed by atoms with Crippen molar-refractivity contribution in [3.63, 3.8) is 0 Å². The smallest absolute Gasteiger partial charge is 0.260 e. The van der Waals surface area contributed by atoms with Crippen molar-refractivity contribution in [2.75, 3.05) is 10.2 Å². The van der Waals surface area contributed by atoms with Crippen molar-refractivity contribution in [1.82, 2.24) is 14.8 Å². The van der Waals surface area contributed by atoms with Crippen LogP contribution in [0, 0.1) is 11.8 Å². The van der Waals surface area contributed by atoms with Gasteiger partial charge in [0.2, 0.25) is 17.8 Å². The summed E-state index contributed by atoms with van der Waals surface area (Å²) >= 11 is 6.09. The maximum absolute atomic E-state index is 13.1. The van der Waals surface area contributed by atoms with Crippen LogP contribution in [0.25, 0.3) is 0 Å². The van der Waals surface area contributed by atoms with Gasteiger partial charge >= 0.3 is 0 Å². The van der Waals surface area contributed by atoms with E-state index in [1.54, 1.807) is 4.68 Å². The Labute approximate surface area is 196 Å². The molecular weight excluding hydrogens is 438 g/mol. The number of anilines is 2. The van der Waals surface area contributed by atoms with E-state index in [1.165, 1.54) is 4.90 Å². The van der Waals surface area contributed by atoms with E-state index < -0.39 is 0 Å². The number of nitrogens with zero attached hydrogens (tertiary/aromatic N) is 4. The van der Waals surface area contributed by atoms with Gasteiger partial charge in [0, 0.05) is 5.02 Å². The highest BCUT2D eigenvalue weighted by atomic mass is 35.5. The average molecular weight is 460 g/mol. The first kappa shape index (κ1) is 20.2. The summed E-state index contributed by atoms with van der Waals surface area (Å²) in [7, 11) is 0. The van der Waals surface area contributed by atoms with E-state index in [9.17, 15) is 9.59 Å². The summed E-state index contributed by atoms with van der Waals surface area (Å²) in [6.07, 6.45) is 5.86. The third-order valence-corrected chi connectivity index (χ3v) is 7.09. The molecule has 1 N–H and O–H groups in total. The Morgan fingerprint density at radius 2 is 1.55 bits per heavy atom. The molecule has 1 aromatic heterocycles. The van der Waals surface area contributed by atoms with Gasteiger partial charge in [-0.3, -0.25) is 9.59 Å². The zero-order valence-electron chi connectivity index (χ0n) is 17.8. The Morgan fingerprint density at radius 3 is 2.21 bits per heavy atom. The minimum atomic E-state index is -0.317. The summed E-state index contributed by atoms with van der Waals surface area (Å²) < 4.78 is 1.80. The third-order valence-electron chi connectivity index (χ3n) is 6.84. The van der Waals surface area contributed by atoms with Gasteiger partial charge in [-0.1, -0.05) is 66.2 Å². The predicted molar refractivity (Wildman–Crippen MR) is 125 cm³/mol. The first-order valence-corrected chi connectivity index (χ1v) is 11.5. The number of fused-ring (bicyclic) bond motifs is 2. The van der Waals surface area contributed by atoms with E-state index in [1.807, 2.05) is 54.6 Å². The van der Waals surface area contributed by atoms with Crippen molar-refractivity contribution >= 4 is 35.3 Å². The van der Waals surface area contributed by atoms with E-state index in [0.717, 1.165) is 17.5 Å². The standard InChI is InChI=1S/C25H22ClN5O2/c26-17-12-10-15(11-13-17)20-14-21(16-6-2-1-3-7-16)31-24(27-20)28-25(29-31)30-22(32)18-8-4-5-9-19(18)23(30)33/h1-7,10-13,18-21H,8-9,14H2,(H,27,28,29)/t18-,19+,20-,21-/m1/s1. The van der Waals surface area contributed by atoms with Gasteiger partial charge in [-0.15, -0.1) is 5.10 Å². The second-order valence-corrected chi connectivity index (χ2v) is 9.19. The van der Waals surface area contributed by atoms with Crippen LogP contribution in [0.4, 0.5) is 11.9 Å². The second-order valence-electron chi connectivity index (χ2n) is 8.76. The average Bonchev–Trinajstić information content (AvgIpc) is 3.38. The summed E-state index contributed by atoms with van der Waals surface area (Å²) in [6, 6.07) is 17.7. The SMILES string of the molecule is O=C1[C@H]2CC=CC[C@H]2C(=O)N1c1nc2n(n1)[C@@H](c1ccccc1)C[C@H](c1ccc(Cl)cc1)N2. The normalized spacial score (nSPS) is 26.2. The van der Waals surface area contributed by atoms with Crippen LogP contribution in [0.15, 0.2) is 66.7 Å². The molecule has 2 aliphatic heterocycles. The molecule has 0 bridgehead atoms. The first-order valence-electron chi connectivity index (χ1n) is 11.2. The number of hydrogen-bond donors (Lipinski definition) is 1. The van der Waals surface area contributed by atoms with Crippen molar-refractivity contribution in [1.29, 1.82) is 0 Å². The van der Waals surface area contributed by atoms with Gasteiger partial charge < -0.3 is 5.32 Å². The maximum Gasteiger partial charge on any atom is 0.260 e. The number of carbonyl (C=O) groups excluding carboxylic acids is 2. The van der Waals surface area contributed by atoms with Crippen molar-refractivity contribution in [2.24, 2.45) is 11.8 Å². The number of imide groups is 1. The van der Waals surface area contributed by atoms with Crippen LogP contribution < -0.4 is 10.2 Å². The highest BCUT2D eigenvalue weighted by Crippen LogP contribution is 2.41. The third kappa shape index (κ3) is 3.35. The lowest BCUT2D eigenvalue weighted by Gasteiger charge is -2.31. The van der Waals surface area contributed by atoms with Gasteiger partial charge in [0.15, 0.2) is 0 Å². The molecule has 2 aromatic carbocycles. The molecule has 0 spiro atoms. The number of aromatic nitrogens is 3. The topological polar surface area (TPSA) is 80.1 Å². The molecule has 3 aromatic rings. The molecule has 3 heterocycles. The van der Waals surface area contributed by atoms with Gasteiger partial charge in [-0.25, -0.2) is 9.58 Å². The molecule has 33 heavy (non-hydrogen) atoms. The van der Waals surface area contributed by atoms with Crippen molar-refractivity contribution in [3.05, 3.63) is 82.9 Å². The molecule has 8 heteroatoms. The number of benzene rings is 2. The Morgan fingerprint density at radius 1 is 0.879 bits per heavy atom. The zero-order valence-corrected chi connectivity index (χ0v) is 18.5. The fourth-order valence-electron chi connectivity index (χ4n) is 5.12. The van der Waals surface area contributed by atoms with E-state index in [0.29, 0.717) is 23.8 Å². The molecule has 2 amide bonds. The van der Waals surface area contributed by atoms with Crippen molar-refractivity contribution < 1.29 is 9.59 Å². The molecule has 0 saturated carbocycles. The lowest BCUT2D eigenvalue weighted by molar-refractivity contribution is -0.122. The van der Waals surface area contributed by atoms with Gasteiger partial charge in [0.25, 0.3) is 5.95 Å². The quantitative estimate of drug-likeness (QED) is 0.459. The second kappa shape index (κ2) is 7.85. The van der Waals surface area contributed by atoms with Crippen LogP contribution in [0.2, 0.25) is 5.02 Å². The Bertz CT molecular complexity index is 1230. The highest BCUT2D eigenvalue weighted by molar-refractivity contribution is 6.30. The highest BCUT2D eigenvalue weighted by Gasteiger charge is 2.49. The number of amides is 2. The number of rotatable bonds is 3. The molecule has 1 aliphatic carbocycles. The Kier molecular flexibility index (Phi) is 4.80. The summed E-state index contributed by atoms with van der Waals surface area (Å²) in [6.45, 7) is 0. The summed E-state index contributed by atoms with van der Waals surface area (Å²) in [5.41, 5.74) is 2.18. The minimum Gasteiger partial charge on any atom is -0.347 e. The first-order chi connectivity index (χ1) is 16.1. The van der Waals surface area contributed by atoms with E-state index in [4.69, 9.17) is 11.6 Å². The molecule has 0 radical (unpaired) electrons. The lowest BCUT2D eigenvalue weighted by Crippen LogP contribution is -2.32. The molecule has 4 atom stereocenters. The number of carbonyl (C=O) groups is 2. The number of hydrogen-bond acceptors (Lipinski definition) is 5. The van der Waals surface area contributed by atoms with Gasteiger partial charge in [-0.05, 0) is 42.5 Å². The van der Waals surface area contributed by atoms with Crippen LogP contribution in [-0.4, -0.2) is 26.6 Å². The Hall–Kier alpha value is -3.45. The molecule has 1 saturated heterocycles. The molecule has 6 rings (SSSR count). The number of halogens is 1. The fraction of sp³-hybridized carbons (Fsp3) is 0.280. The molecule has 3 aliphatic rings. The van der Waals surface area contributed by atoms with E-state index in [2.05, 4.69) is 27.5 Å². The molecule has 166 valence electrons. The van der Waals surface area contributed by atoms with Gasteiger partial charge in [-0.2, -0.15) is 4.98 Å². The monoisotopic (exact) mass is 459 g/mol. The van der Waals surface area contributed by atoms with Gasteiger partial charge in [0.05, 0.1) is 23.9 Å². The number of allylic oxidation sites excluding steroid dienone is 2. The van der Waals surface area contributed by atoms with Crippen molar-refractivity contribution in [3.8, 4) is 0 Å². The van der Waals surface area contributed by atoms with Crippen LogP contribution in [0.5, 0.6) is 0 Å². The zero-order chi connectivity index (χ0) is 22.5. The molecule has 1 fully saturated rings. The Balaban J connectivity index is 1.40. The number of nitrogens with one attached hydrogen (secondary N) is 1. The fourth-order valence-corrected chi connectivity index (χ4v) is 5.25. The van der Waals surface area contributed by atoms with Gasteiger partial charge in [0.1, 0.15) is 0 Å². The summed E-state index contributed by atoms with van der Waals surface area (Å²) in [4.78, 5) is 32.0. The lowest BCUT2D eigenvalue weighted by atomic mass is 9.85. The molecule has 0 unspecified atom stereocenters.